The number of hydrazone groups is 1. The maximum absolute atomic E-state index is 12.5. The van der Waals surface area contributed by atoms with Crippen molar-refractivity contribution >= 4 is 17.5 Å². The molecular formula is C22H23N3O3. The van der Waals surface area contributed by atoms with E-state index in [-0.39, 0.29) is 23.6 Å². The van der Waals surface area contributed by atoms with E-state index in [4.69, 9.17) is 0 Å². The normalized spacial score (nSPS) is 17.5. The fourth-order valence-corrected chi connectivity index (χ4v) is 3.94. The van der Waals surface area contributed by atoms with Crippen molar-refractivity contribution in [2.24, 2.45) is 5.10 Å². The Balaban J connectivity index is 1.45. The molecule has 0 bridgehead atoms. The molecule has 0 aliphatic heterocycles. The molecule has 2 amide bonds. The van der Waals surface area contributed by atoms with E-state index in [1.165, 1.54) is 0 Å². The second kappa shape index (κ2) is 7.84. The third-order valence-electron chi connectivity index (χ3n) is 5.42. The van der Waals surface area contributed by atoms with Gasteiger partial charge in [0, 0.05) is 22.7 Å². The molecule has 3 N–H and O–H groups in total. The predicted octanol–water partition coefficient (Wildman–Crippen LogP) is 3.14. The number of aromatic hydroxyl groups is 1. The topological polar surface area (TPSA) is 90.8 Å². The Morgan fingerprint density at radius 1 is 0.964 bits per heavy atom. The van der Waals surface area contributed by atoms with Gasteiger partial charge in [-0.15, -0.1) is 0 Å². The van der Waals surface area contributed by atoms with Crippen LogP contribution in [0.3, 0.4) is 0 Å². The molecule has 6 nitrogen and oxygen atoms in total. The maximum atomic E-state index is 12.5. The summed E-state index contributed by atoms with van der Waals surface area (Å²) in [6.07, 6.45) is 5.76. The van der Waals surface area contributed by atoms with Gasteiger partial charge in [0.25, 0.3) is 11.8 Å². The lowest BCUT2D eigenvalue weighted by atomic mass is 10.1. The Kier molecular flexibility index (Phi) is 5.10. The number of hydrogen-bond donors (Lipinski definition) is 3. The van der Waals surface area contributed by atoms with Crippen molar-refractivity contribution in [3.05, 3.63) is 64.7 Å². The molecule has 4 rings (SSSR count). The van der Waals surface area contributed by atoms with Gasteiger partial charge >= 0.3 is 0 Å². The van der Waals surface area contributed by atoms with Crippen LogP contribution in [0.2, 0.25) is 0 Å². The van der Waals surface area contributed by atoms with Gasteiger partial charge in [0.05, 0.1) is 5.71 Å². The molecule has 0 atom stereocenters. The molecule has 2 aromatic carbocycles. The van der Waals surface area contributed by atoms with Crippen molar-refractivity contribution in [1.82, 2.24) is 10.7 Å². The second-order valence-corrected chi connectivity index (χ2v) is 7.35. The lowest BCUT2D eigenvalue weighted by molar-refractivity contribution is 0.0938. The van der Waals surface area contributed by atoms with Crippen LogP contribution >= 0.6 is 0 Å². The Morgan fingerprint density at radius 3 is 2.46 bits per heavy atom. The number of amides is 2. The van der Waals surface area contributed by atoms with Gasteiger partial charge in [0.15, 0.2) is 0 Å². The average molecular weight is 377 g/mol. The van der Waals surface area contributed by atoms with Crippen LogP contribution < -0.4 is 10.7 Å². The van der Waals surface area contributed by atoms with E-state index >= 15 is 0 Å². The molecule has 6 heteroatoms. The number of carbonyl (C=O) groups is 2. The molecule has 0 unspecified atom stereocenters. The maximum Gasteiger partial charge on any atom is 0.271 e. The summed E-state index contributed by atoms with van der Waals surface area (Å²) in [6.45, 7) is 0. The number of rotatable bonds is 4. The van der Waals surface area contributed by atoms with Gasteiger partial charge in [0.1, 0.15) is 5.75 Å². The largest absolute Gasteiger partial charge is 0.507 e. The zero-order valence-corrected chi connectivity index (χ0v) is 15.6. The number of carbonyl (C=O) groups excluding carboxylic acids is 2. The quantitative estimate of drug-likeness (QED) is 0.715. The van der Waals surface area contributed by atoms with Crippen molar-refractivity contribution in [2.75, 3.05) is 0 Å². The first kappa shape index (κ1) is 18.2. The number of aryl methyl sites for hydroxylation is 1. The van der Waals surface area contributed by atoms with Crippen LogP contribution in [0.25, 0.3) is 0 Å². The van der Waals surface area contributed by atoms with Crippen LogP contribution in [-0.2, 0) is 6.42 Å². The number of fused-ring (bicyclic) bond motifs is 1. The molecule has 1 saturated carbocycles. The van der Waals surface area contributed by atoms with Gasteiger partial charge in [-0.25, -0.2) is 5.43 Å². The van der Waals surface area contributed by atoms with Crippen LogP contribution in [0.15, 0.2) is 47.6 Å². The first-order valence-electron chi connectivity index (χ1n) is 9.71. The van der Waals surface area contributed by atoms with Crippen molar-refractivity contribution in [1.29, 1.82) is 0 Å². The summed E-state index contributed by atoms with van der Waals surface area (Å²) in [5, 5.41) is 17.3. The van der Waals surface area contributed by atoms with E-state index in [0.717, 1.165) is 37.7 Å². The molecule has 144 valence electrons. The summed E-state index contributed by atoms with van der Waals surface area (Å²) in [5.41, 5.74) is 5.79. The van der Waals surface area contributed by atoms with Crippen molar-refractivity contribution < 1.29 is 14.7 Å². The smallest absolute Gasteiger partial charge is 0.271 e. The Morgan fingerprint density at radius 2 is 1.68 bits per heavy atom. The first-order valence-corrected chi connectivity index (χ1v) is 9.71. The zero-order valence-electron chi connectivity index (χ0n) is 15.6. The number of benzene rings is 2. The highest BCUT2D eigenvalue weighted by Gasteiger charge is 2.22. The molecule has 0 aromatic heterocycles. The standard InChI is InChI=1S/C22H23N3O3/c26-19-10-4-5-14-11-12-18(20(14)19)24-25-22(28)16-7-3-6-15(13-16)21(27)23-17-8-1-2-9-17/h3-7,10,13,17,26H,1-2,8-9,11-12H2,(H,23,27)(H,25,28)/b24-18+. The number of phenolic OH excluding ortho intramolecular Hbond substituents is 1. The Hall–Kier alpha value is -3.15. The highest BCUT2D eigenvalue weighted by Crippen LogP contribution is 2.29. The van der Waals surface area contributed by atoms with Crippen LogP contribution in [0.1, 0.15) is 63.9 Å². The number of hydrogen-bond acceptors (Lipinski definition) is 4. The highest BCUT2D eigenvalue weighted by molar-refractivity contribution is 6.07. The molecule has 0 radical (unpaired) electrons. The predicted molar refractivity (Wildman–Crippen MR) is 107 cm³/mol. The Bertz CT molecular complexity index is 946. The summed E-state index contributed by atoms with van der Waals surface area (Å²) in [6, 6.07) is 12.2. The molecular weight excluding hydrogens is 354 g/mol. The minimum atomic E-state index is -0.383. The van der Waals surface area contributed by atoms with Crippen molar-refractivity contribution in [3.63, 3.8) is 0 Å². The molecule has 2 aliphatic carbocycles. The fraction of sp³-hybridized carbons (Fsp3) is 0.318. The van der Waals surface area contributed by atoms with Crippen LogP contribution in [-0.4, -0.2) is 28.7 Å². The van der Waals surface area contributed by atoms with Gasteiger partial charge in [-0.05, 0) is 55.5 Å². The second-order valence-electron chi connectivity index (χ2n) is 7.35. The minimum Gasteiger partial charge on any atom is -0.507 e. The third kappa shape index (κ3) is 3.76. The zero-order chi connectivity index (χ0) is 19.5. The molecule has 28 heavy (non-hydrogen) atoms. The Labute approximate surface area is 163 Å². The summed E-state index contributed by atoms with van der Waals surface area (Å²) in [5.74, 6) is -0.358. The van der Waals surface area contributed by atoms with E-state index in [1.54, 1.807) is 36.4 Å². The van der Waals surface area contributed by atoms with Gasteiger partial charge < -0.3 is 10.4 Å². The van der Waals surface area contributed by atoms with Crippen molar-refractivity contribution in [2.45, 2.75) is 44.6 Å². The minimum absolute atomic E-state index is 0.150. The van der Waals surface area contributed by atoms with Crippen molar-refractivity contribution in [3.8, 4) is 5.75 Å². The summed E-state index contributed by atoms with van der Waals surface area (Å²) < 4.78 is 0. The average Bonchev–Trinajstić information content (AvgIpc) is 3.36. The first-order chi connectivity index (χ1) is 13.6. The van der Waals surface area contributed by atoms with E-state index in [9.17, 15) is 14.7 Å². The van der Waals surface area contributed by atoms with Gasteiger partial charge in [0.2, 0.25) is 0 Å². The molecule has 0 spiro atoms. The molecule has 2 aliphatic rings. The third-order valence-corrected chi connectivity index (χ3v) is 5.42. The SMILES string of the molecule is O=C(N/N=C1\CCc2cccc(O)c21)c1cccc(C(=O)NC2CCCC2)c1. The molecule has 0 saturated heterocycles. The van der Waals surface area contributed by atoms with E-state index in [2.05, 4.69) is 15.8 Å². The van der Waals surface area contributed by atoms with Crippen LogP contribution in [0, 0.1) is 0 Å². The molecule has 1 fully saturated rings. The van der Waals surface area contributed by atoms with E-state index < -0.39 is 0 Å². The van der Waals surface area contributed by atoms with Gasteiger partial charge in [-0.3, -0.25) is 9.59 Å². The van der Waals surface area contributed by atoms with E-state index in [1.807, 2.05) is 6.07 Å². The number of nitrogens with zero attached hydrogens (tertiary/aromatic N) is 1. The van der Waals surface area contributed by atoms with Crippen LogP contribution in [0.5, 0.6) is 5.75 Å². The van der Waals surface area contributed by atoms with Crippen LogP contribution in [0.4, 0.5) is 0 Å². The lowest BCUT2D eigenvalue weighted by Crippen LogP contribution is -2.32. The summed E-state index contributed by atoms with van der Waals surface area (Å²) >= 11 is 0. The fourth-order valence-electron chi connectivity index (χ4n) is 3.94. The van der Waals surface area contributed by atoms with Gasteiger partial charge in [-0.1, -0.05) is 31.0 Å². The lowest BCUT2D eigenvalue weighted by Gasteiger charge is -2.12. The highest BCUT2D eigenvalue weighted by atomic mass is 16.3. The number of nitrogens with one attached hydrogen (secondary N) is 2. The molecule has 2 aromatic rings. The molecule has 0 heterocycles. The summed E-state index contributed by atoms with van der Waals surface area (Å²) in [4.78, 5) is 24.9. The van der Waals surface area contributed by atoms with Gasteiger partial charge in [-0.2, -0.15) is 5.10 Å². The number of phenols is 1. The van der Waals surface area contributed by atoms with E-state index in [0.29, 0.717) is 28.8 Å². The summed E-state index contributed by atoms with van der Waals surface area (Å²) in [7, 11) is 0. The monoisotopic (exact) mass is 377 g/mol.